The summed E-state index contributed by atoms with van der Waals surface area (Å²) in [7, 11) is 0. The Bertz CT molecular complexity index is 904. The molecule has 0 fully saturated rings. The molecule has 0 unspecified atom stereocenters. The number of ether oxygens (including phenoxy) is 2. The molecule has 1 aliphatic rings. The van der Waals surface area contributed by atoms with E-state index in [9.17, 15) is 4.79 Å². The lowest BCUT2D eigenvalue weighted by atomic mass is 9.98. The van der Waals surface area contributed by atoms with Gasteiger partial charge in [-0.2, -0.15) is 0 Å². The lowest BCUT2D eigenvalue weighted by Crippen LogP contribution is -2.42. The van der Waals surface area contributed by atoms with Gasteiger partial charge in [0.05, 0.1) is 12.6 Å². The molecule has 3 heterocycles. The van der Waals surface area contributed by atoms with Crippen LogP contribution in [0.1, 0.15) is 28.3 Å². The first kappa shape index (κ1) is 18.1. The van der Waals surface area contributed by atoms with Gasteiger partial charge in [-0.1, -0.05) is 18.2 Å². The minimum absolute atomic E-state index is 0.00319. The van der Waals surface area contributed by atoms with Crippen molar-refractivity contribution in [2.75, 3.05) is 19.8 Å². The van der Waals surface area contributed by atoms with Gasteiger partial charge < -0.3 is 14.4 Å². The van der Waals surface area contributed by atoms with E-state index in [1.165, 1.54) is 15.3 Å². The molecule has 2 aromatic heterocycles. The van der Waals surface area contributed by atoms with Crippen LogP contribution in [0.2, 0.25) is 0 Å². The van der Waals surface area contributed by atoms with E-state index >= 15 is 0 Å². The highest BCUT2D eigenvalue weighted by molar-refractivity contribution is 7.10. The van der Waals surface area contributed by atoms with Gasteiger partial charge in [0.15, 0.2) is 18.1 Å². The van der Waals surface area contributed by atoms with E-state index in [2.05, 4.69) is 22.9 Å². The van der Waals surface area contributed by atoms with Crippen molar-refractivity contribution >= 4 is 28.6 Å². The Morgan fingerprint density at radius 1 is 1.07 bits per heavy atom. The van der Waals surface area contributed by atoms with Crippen molar-refractivity contribution in [1.82, 2.24) is 4.90 Å². The van der Waals surface area contributed by atoms with Gasteiger partial charge >= 0.3 is 0 Å². The Hall–Kier alpha value is -2.31. The van der Waals surface area contributed by atoms with Crippen molar-refractivity contribution in [3.8, 4) is 11.5 Å². The second-order valence-corrected chi connectivity index (χ2v) is 8.20. The van der Waals surface area contributed by atoms with Crippen molar-refractivity contribution in [3.63, 3.8) is 0 Å². The van der Waals surface area contributed by atoms with Crippen LogP contribution in [0.3, 0.4) is 0 Å². The average Bonchev–Trinajstić information content (AvgIpc) is 3.38. The van der Waals surface area contributed by atoms with Gasteiger partial charge in [0, 0.05) is 16.3 Å². The Kier molecular flexibility index (Phi) is 5.45. The number of para-hydroxylation sites is 2. The molecule has 27 heavy (non-hydrogen) atoms. The van der Waals surface area contributed by atoms with Gasteiger partial charge in [0.2, 0.25) is 0 Å². The third kappa shape index (κ3) is 3.73. The summed E-state index contributed by atoms with van der Waals surface area (Å²) >= 11 is 3.47. The van der Waals surface area contributed by atoms with Crippen LogP contribution in [0.25, 0.3) is 0 Å². The second-order valence-electron chi connectivity index (χ2n) is 6.22. The fourth-order valence-corrected chi connectivity index (χ4v) is 5.16. The highest BCUT2D eigenvalue weighted by Crippen LogP contribution is 2.39. The molecule has 4 rings (SSSR count). The number of thiophene rings is 2. The molecule has 140 valence electrons. The summed E-state index contributed by atoms with van der Waals surface area (Å²) in [5.41, 5.74) is 1.25. The predicted octanol–water partition coefficient (Wildman–Crippen LogP) is 4.76. The highest BCUT2D eigenvalue weighted by atomic mass is 32.1. The standard InChI is InChI=1S/C21H21NO3S2/c1-2-24-16-6-3-4-7-17(16)25-14-20(23)22-11-9-18-15(10-13-27-18)21(22)19-8-5-12-26-19/h3-8,10,12-13,21H,2,9,11,14H2,1H3/t21-/m1/s1. The quantitative estimate of drug-likeness (QED) is 0.600. The number of rotatable bonds is 6. The third-order valence-corrected chi connectivity index (χ3v) is 6.52. The van der Waals surface area contributed by atoms with Gasteiger partial charge in [-0.05, 0) is 53.9 Å². The van der Waals surface area contributed by atoms with Gasteiger partial charge in [-0.3, -0.25) is 4.79 Å². The van der Waals surface area contributed by atoms with Gasteiger partial charge in [-0.25, -0.2) is 0 Å². The zero-order valence-electron chi connectivity index (χ0n) is 15.1. The first-order valence-corrected chi connectivity index (χ1v) is 10.8. The fourth-order valence-electron chi connectivity index (χ4n) is 3.41. The predicted molar refractivity (Wildman–Crippen MR) is 109 cm³/mol. The molecule has 0 saturated carbocycles. The number of carbonyl (C=O) groups excluding carboxylic acids is 1. The smallest absolute Gasteiger partial charge is 0.261 e. The fraction of sp³-hybridized carbons (Fsp3) is 0.286. The molecular formula is C21H21NO3S2. The molecule has 1 aliphatic heterocycles. The lowest BCUT2D eigenvalue weighted by Gasteiger charge is -2.35. The monoisotopic (exact) mass is 399 g/mol. The van der Waals surface area contributed by atoms with Crippen LogP contribution in [-0.2, 0) is 11.2 Å². The van der Waals surface area contributed by atoms with Gasteiger partial charge in [0.25, 0.3) is 5.91 Å². The third-order valence-electron chi connectivity index (χ3n) is 4.60. The van der Waals surface area contributed by atoms with E-state index in [1.807, 2.05) is 42.2 Å². The maximum Gasteiger partial charge on any atom is 0.261 e. The van der Waals surface area contributed by atoms with E-state index < -0.39 is 0 Å². The molecule has 3 aromatic rings. The van der Waals surface area contributed by atoms with E-state index in [0.717, 1.165) is 6.42 Å². The number of benzene rings is 1. The minimum Gasteiger partial charge on any atom is -0.490 e. The van der Waals surface area contributed by atoms with Crippen LogP contribution < -0.4 is 9.47 Å². The SMILES string of the molecule is CCOc1ccccc1OCC(=O)N1CCc2sccc2[C@@H]1c1cccs1. The molecule has 0 aliphatic carbocycles. The Labute approximate surface area is 167 Å². The van der Waals surface area contributed by atoms with Crippen LogP contribution in [-0.4, -0.2) is 30.6 Å². The van der Waals surface area contributed by atoms with Crippen molar-refractivity contribution in [2.45, 2.75) is 19.4 Å². The summed E-state index contributed by atoms with van der Waals surface area (Å²) in [6, 6.07) is 13.8. The Balaban J connectivity index is 1.53. The Morgan fingerprint density at radius 3 is 2.63 bits per heavy atom. The second kappa shape index (κ2) is 8.15. The van der Waals surface area contributed by atoms with Crippen molar-refractivity contribution < 1.29 is 14.3 Å². The molecule has 0 saturated heterocycles. The molecule has 6 heteroatoms. The molecule has 0 N–H and O–H groups in total. The summed E-state index contributed by atoms with van der Waals surface area (Å²) in [4.78, 5) is 17.6. The van der Waals surface area contributed by atoms with E-state index in [1.54, 1.807) is 22.7 Å². The van der Waals surface area contributed by atoms with E-state index in [4.69, 9.17) is 9.47 Å². The lowest BCUT2D eigenvalue weighted by molar-refractivity contribution is -0.135. The largest absolute Gasteiger partial charge is 0.490 e. The molecule has 4 nitrogen and oxygen atoms in total. The summed E-state index contributed by atoms with van der Waals surface area (Å²) < 4.78 is 11.4. The first-order valence-electron chi connectivity index (χ1n) is 9.01. The maximum absolute atomic E-state index is 13.0. The number of hydrogen-bond acceptors (Lipinski definition) is 5. The Morgan fingerprint density at radius 2 is 1.89 bits per heavy atom. The minimum atomic E-state index is -0.0155. The topological polar surface area (TPSA) is 38.8 Å². The van der Waals surface area contributed by atoms with Crippen LogP contribution >= 0.6 is 22.7 Å². The molecular weight excluding hydrogens is 378 g/mol. The number of carbonyl (C=O) groups is 1. The molecule has 1 amide bonds. The molecule has 1 atom stereocenters. The van der Waals surface area contributed by atoms with E-state index in [-0.39, 0.29) is 18.6 Å². The van der Waals surface area contributed by atoms with Crippen LogP contribution in [0.5, 0.6) is 11.5 Å². The summed E-state index contributed by atoms with van der Waals surface area (Å²) in [5, 5.41) is 4.18. The van der Waals surface area contributed by atoms with Crippen LogP contribution in [0.15, 0.2) is 53.2 Å². The zero-order valence-corrected chi connectivity index (χ0v) is 16.7. The summed E-state index contributed by atoms with van der Waals surface area (Å²) in [6.45, 7) is 3.21. The molecule has 0 bridgehead atoms. The number of amides is 1. The number of nitrogens with zero attached hydrogens (tertiary/aromatic N) is 1. The first-order chi connectivity index (χ1) is 13.3. The van der Waals surface area contributed by atoms with Gasteiger partial charge in [-0.15, -0.1) is 22.7 Å². The number of hydrogen-bond donors (Lipinski definition) is 0. The van der Waals surface area contributed by atoms with Crippen molar-refractivity contribution in [2.24, 2.45) is 0 Å². The van der Waals surface area contributed by atoms with Crippen LogP contribution in [0.4, 0.5) is 0 Å². The maximum atomic E-state index is 13.0. The van der Waals surface area contributed by atoms with Crippen molar-refractivity contribution in [1.29, 1.82) is 0 Å². The molecule has 0 radical (unpaired) electrons. The van der Waals surface area contributed by atoms with E-state index in [0.29, 0.717) is 24.7 Å². The summed E-state index contributed by atoms with van der Waals surface area (Å²) in [5.74, 6) is 1.27. The van der Waals surface area contributed by atoms with Gasteiger partial charge in [0.1, 0.15) is 0 Å². The molecule has 1 aromatic carbocycles. The van der Waals surface area contributed by atoms with Crippen molar-refractivity contribution in [3.05, 3.63) is 68.5 Å². The summed E-state index contributed by atoms with van der Waals surface area (Å²) in [6.07, 6.45) is 0.899. The van der Waals surface area contributed by atoms with Crippen LogP contribution in [0, 0.1) is 0 Å². The highest BCUT2D eigenvalue weighted by Gasteiger charge is 2.33. The zero-order chi connectivity index (χ0) is 18.6. The average molecular weight is 400 g/mol. The molecule has 0 spiro atoms. The normalized spacial score (nSPS) is 16.0. The number of fused-ring (bicyclic) bond motifs is 1.